The maximum absolute atomic E-state index is 4.76. The second kappa shape index (κ2) is 9.83. The minimum Gasteiger partial charge on any atom is -0.380 e. The highest BCUT2D eigenvalue weighted by Crippen LogP contribution is 2.39. The number of rotatable bonds is 7. The molecule has 0 atom stereocenters. The normalized spacial score (nSPS) is 11.3. The Morgan fingerprint density at radius 2 is 1.85 bits per heavy atom. The van der Waals surface area contributed by atoms with Gasteiger partial charge in [-0.15, -0.1) is 5.10 Å². The van der Waals surface area contributed by atoms with Crippen LogP contribution in [0.5, 0.6) is 0 Å². The maximum Gasteiger partial charge on any atom is 0.180 e. The third-order valence-electron chi connectivity index (χ3n) is 5.86. The highest BCUT2D eigenvalue weighted by molar-refractivity contribution is 14.1. The van der Waals surface area contributed by atoms with Crippen LogP contribution in [0.2, 0.25) is 0 Å². The zero-order valence-corrected chi connectivity index (χ0v) is 22.5. The van der Waals surface area contributed by atoms with Gasteiger partial charge < -0.3 is 10.3 Å². The standard InChI is InChI=1S/C25H23BrIN7/c1-3-15-12-21(23(27)19(4-2)29-15)28-13-14-9-10-20-18(11-14)22(26)24(30-20)16-7-5-6-8-17(16)25-31-33-34-32-25/h5-12,30H,3-4,13H2,1-2H3,(H,28,29)(H,31,32,33,34). The van der Waals surface area contributed by atoms with Crippen LogP contribution in [0.3, 0.4) is 0 Å². The van der Waals surface area contributed by atoms with Crippen LogP contribution < -0.4 is 5.32 Å². The summed E-state index contributed by atoms with van der Waals surface area (Å²) in [6.45, 7) is 5.03. The minimum absolute atomic E-state index is 0.635. The van der Waals surface area contributed by atoms with Gasteiger partial charge in [-0.25, -0.2) is 5.10 Å². The summed E-state index contributed by atoms with van der Waals surface area (Å²) in [6, 6.07) is 16.8. The van der Waals surface area contributed by atoms with Crippen LogP contribution in [-0.2, 0) is 19.4 Å². The molecule has 2 aromatic carbocycles. The number of anilines is 1. The van der Waals surface area contributed by atoms with Crippen molar-refractivity contribution >= 4 is 55.1 Å². The Kier molecular flexibility index (Phi) is 6.64. The molecule has 3 heterocycles. The van der Waals surface area contributed by atoms with E-state index in [0.29, 0.717) is 5.82 Å². The van der Waals surface area contributed by atoms with Crippen LogP contribution >= 0.6 is 38.5 Å². The first-order valence-corrected chi connectivity index (χ1v) is 13.0. The van der Waals surface area contributed by atoms with Gasteiger partial charge in [-0.05, 0) is 85.6 Å². The number of halogens is 2. The SMILES string of the molecule is CCc1cc(NCc2ccc3[nH]c(-c4ccccc4-c4nnn[nH]4)c(Br)c3c2)c(I)c(CC)n1. The topological polar surface area (TPSA) is 95.2 Å². The number of H-pyrrole nitrogens is 2. The van der Waals surface area contributed by atoms with Crippen molar-refractivity contribution in [2.45, 2.75) is 33.2 Å². The van der Waals surface area contributed by atoms with Gasteiger partial charge in [0, 0.05) is 34.3 Å². The van der Waals surface area contributed by atoms with Crippen molar-refractivity contribution in [1.29, 1.82) is 0 Å². The van der Waals surface area contributed by atoms with Gasteiger partial charge in [0.15, 0.2) is 5.82 Å². The molecule has 0 bridgehead atoms. The molecule has 0 spiro atoms. The average molecular weight is 628 g/mol. The number of hydrogen-bond acceptors (Lipinski definition) is 5. The highest BCUT2D eigenvalue weighted by atomic mass is 127. The second-order valence-corrected chi connectivity index (χ2v) is 9.84. The van der Waals surface area contributed by atoms with E-state index in [1.54, 1.807) is 0 Å². The number of nitrogens with one attached hydrogen (secondary N) is 3. The van der Waals surface area contributed by atoms with Crippen molar-refractivity contribution in [2.75, 3.05) is 5.32 Å². The summed E-state index contributed by atoms with van der Waals surface area (Å²) < 4.78 is 2.21. The molecular formula is C25H23BrIN7. The van der Waals surface area contributed by atoms with Crippen LogP contribution in [0.15, 0.2) is 53.0 Å². The number of hydrogen-bond donors (Lipinski definition) is 3. The number of tetrazole rings is 1. The Morgan fingerprint density at radius 3 is 2.59 bits per heavy atom. The summed E-state index contributed by atoms with van der Waals surface area (Å²) in [4.78, 5) is 8.33. The molecule has 0 aliphatic rings. The van der Waals surface area contributed by atoms with Crippen LogP contribution in [0.1, 0.15) is 30.8 Å². The molecule has 172 valence electrons. The highest BCUT2D eigenvalue weighted by Gasteiger charge is 2.17. The summed E-state index contributed by atoms with van der Waals surface area (Å²) in [6.07, 6.45) is 1.85. The molecule has 0 aliphatic carbocycles. The van der Waals surface area contributed by atoms with E-state index >= 15 is 0 Å². The summed E-state index contributed by atoms with van der Waals surface area (Å²) in [7, 11) is 0. The van der Waals surface area contributed by atoms with E-state index in [0.717, 1.165) is 68.7 Å². The summed E-state index contributed by atoms with van der Waals surface area (Å²) in [5.41, 5.74) is 8.64. The smallest absolute Gasteiger partial charge is 0.180 e. The van der Waals surface area contributed by atoms with Crippen molar-refractivity contribution in [3.8, 4) is 22.6 Å². The molecule has 5 rings (SSSR count). The zero-order valence-electron chi connectivity index (χ0n) is 18.8. The lowest BCUT2D eigenvalue weighted by Gasteiger charge is -2.13. The Balaban J connectivity index is 1.47. The Hall–Kier alpha value is -2.79. The van der Waals surface area contributed by atoms with Crippen LogP contribution in [-0.4, -0.2) is 30.6 Å². The van der Waals surface area contributed by atoms with Gasteiger partial charge in [0.25, 0.3) is 0 Å². The third kappa shape index (κ3) is 4.34. The zero-order chi connectivity index (χ0) is 23.7. The van der Waals surface area contributed by atoms with Gasteiger partial charge in [0.2, 0.25) is 0 Å². The number of aryl methyl sites for hydroxylation is 2. The molecule has 0 unspecified atom stereocenters. The average Bonchev–Trinajstić information content (AvgIpc) is 3.52. The number of pyridine rings is 1. The molecule has 3 aromatic heterocycles. The molecule has 9 heteroatoms. The molecule has 0 fully saturated rings. The Labute approximate surface area is 219 Å². The fraction of sp³-hybridized carbons (Fsp3) is 0.200. The Bertz CT molecular complexity index is 1460. The van der Waals surface area contributed by atoms with Crippen molar-refractivity contribution in [3.05, 3.63) is 73.5 Å². The molecule has 34 heavy (non-hydrogen) atoms. The van der Waals surface area contributed by atoms with Gasteiger partial charge in [0.1, 0.15) is 0 Å². The quantitative estimate of drug-likeness (QED) is 0.179. The molecule has 0 saturated carbocycles. The molecule has 0 amide bonds. The van der Waals surface area contributed by atoms with E-state index in [1.807, 2.05) is 18.2 Å². The minimum atomic E-state index is 0.635. The van der Waals surface area contributed by atoms with E-state index in [1.165, 1.54) is 9.13 Å². The van der Waals surface area contributed by atoms with Crippen molar-refractivity contribution in [1.82, 2.24) is 30.6 Å². The lowest BCUT2D eigenvalue weighted by Crippen LogP contribution is -2.06. The lowest BCUT2D eigenvalue weighted by molar-refractivity contribution is 0.881. The first kappa shape index (κ1) is 23.0. The van der Waals surface area contributed by atoms with Crippen molar-refractivity contribution in [3.63, 3.8) is 0 Å². The number of fused-ring (bicyclic) bond motifs is 1. The van der Waals surface area contributed by atoms with Crippen LogP contribution in [0.25, 0.3) is 33.5 Å². The largest absolute Gasteiger partial charge is 0.380 e. The lowest BCUT2D eigenvalue weighted by atomic mass is 10.0. The third-order valence-corrected chi connectivity index (χ3v) is 7.88. The van der Waals surface area contributed by atoms with Gasteiger partial charge in [0.05, 0.1) is 25.1 Å². The molecular weight excluding hydrogens is 605 g/mol. The number of benzene rings is 2. The number of aromatic amines is 2. The molecule has 0 aliphatic heterocycles. The molecule has 3 N–H and O–H groups in total. The monoisotopic (exact) mass is 627 g/mol. The predicted molar refractivity (Wildman–Crippen MR) is 148 cm³/mol. The van der Waals surface area contributed by atoms with Crippen LogP contribution in [0, 0.1) is 3.57 Å². The van der Waals surface area contributed by atoms with E-state index in [4.69, 9.17) is 4.98 Å². The van der Waals surface area contributed by atoms with E-state index < -0.39 is 0 Å². The second-order valence-electron chi connectivity index (χ2n) is 7.97. The van der Waals surface area contributed by atoms with Crippen LogP contribution in [0.4, 0.5) is 5.69 Å². The van der Waals surface area contributed by atoms with Gasteiger partial charge >= 0.3 is 0 Å². The number of nitrogens with zero attached hydrogens (tertiary/aromatic N) is 4. The van der Waals surface area contributed by atoms with E-state index in [-0.39, 0.29) is 0 Å². The summed E-state index contributed by atoms with van der Waals surface area (Å²) in [5, 5.41) is 19.2. The molecule has 7 nitrogen and oxygen atoms in total. The van der Waals surface area contributed by atoms with Crippen molar-refractivity contribution in [2.24, 2.45) is 0 Å². The predicted octanol–water partition coefficient (Wildman–Crippen LogP) is 6.51. The molecule has 5 aromatic rings. The first-order chi connectivity index (χ1) is 16.6. The van der Waals surface area contributed by atoms with E-state index in [9.17, 15) is 0 Å². The summed E-state index contributed by atoms with van der Waals surface area (Å²) in [5.74, 6) is 0.635. The molecule has 0 saturated heterocycles. The van der Waals surface area contributed by atoms with Gasteiger partial charge in [-0.2, -0.15) is 0 Å². The molecule has 0 radical (unpaired) electrons. The maximum atomic E-state index is 4.76. The Morgan fingerprint density at radius 1 is 1.03 bits per heavy atom. The fourth-order valence-corrected chi connectivity index (χ4v) is 5.55. The fourth-order valence-electron chi connectivity index (χ4n) is 4.06. The van der Waals surface area contributed by atoms with E-state index in [2.05, 4.69) is 114 Å². The first-order valence-electron chi connectivity index (χ1n) is 11.1. The van der Waals surface area contributed by atoms with Gasteiger partial charge in [-0.1, -0.05) is 44.2 Å². The number of aromatic nitrogens is 6. The summed E-state index contributed by atoms with van der Waals surface area (Å²) >= 11 is 6.24. The van der Waals surface area contributed by atoms with Gasteiger partial charge in [-0.3, -0.25) is 4.98 Å². The van der Waals surface area contributed by atoms with Crippen molar-refractivity contribution < 1.29 is 0 Å².